The summed E-state index contributed by atoms with van der Waals surface area (Å²) in [6, 6.07) is 28.4. The summed E-state index contributed by atoms with van der Waals surface area (Å²) in [4.78, 5) is 67.1. The normalized spacial score (nSPS) is 20.6. The summed E-state index contributed by atoms with van der Waals surface area (Å²) in [5.74, 6) is 1.23. The molecule has 5 aliphatic rings. The average Bonchev–Trinajstić information content (AvgIpc) is 1.30. The number of carbonyl (C=O) groups excluding carboxylic acids is 3. The molecule has 3 amide bonds. The summed E-state index contributed by atoms with van der Waals surface area (Å²) in [5, 5.41) is 23.5. The van der Waals surface area contributed by atoms with Gasteiger partial charge in [-0.1, -0.05) is 79.9 Å². The topological polar surface area (TPSA) is 209 Å². The van der Waals surface area contributed by atoms with Gasteiger partial charge in [0, 0.05) is 91.4 Å². The molecule has 2 N–H and O–H groups in total. The fraction of sp³-hybridized carbons (Fsp3) is 0.551. The first-order chi connectivity index (χ1) is 43.7. The van der Waals surface area contributed by atoms with Gasteiger partial charge in [-0.15, -0.1) is 11.3 Å². The largest absolute Gasteiger partial charge is 0.491 e. The summed E-state index contributed by atoms with van der Waals surface area (Å²) in [7, 11) is 3.66. The maximum absolute atomic E-state index is 14.7. The number of anilines is 2. The van der Waals surface area contributed by atoms with Gasteiger partial charge < -0.3 is 53.8 Å². The molecular formula is C69H89N11O9S. The van der Waals surface area contributed by atoms with Gasteiger partial charge in [-0.2, -0.15) is 15.2 Å². The molecule has 4 fully saturated rings. The van der Waals surface area contributed by atoms with Gasteiger partial charge in [0.2, 0.25) is 11.8 Å². The first-order valence-electron chi connectivity index (χ1n) is 32.4. The zero-order valence-electron chi connectivity index (χ0n) is 53.2. The molecule has 3 saturated heterocycles. The molecule has 1 aliphatic carbocycles. The van der Waals surface area contributed by atoms with Crippen molar-refractivity contribution >= 4 is 62.3 Å². The maximum atomic E-state index is 14.7. The van der Waals surface area contributed by atoms with E-state index in [1.807, 2.05) is 23.1 Å². The van der Waals surface area contributed by atoms with E-state index in [9.17, 15) is 19.6 Å². The number of carbonyl (C=O) groups is 3. The van der Waals surface area contributed by atoms with E-state index in [1.165, 1.54) is 21.4 Å². The van der Waals surface area contributed by atoms with Crippen molar-refractivity contribution in [3.05, 3.63) is 101 Å². The second kappa shape index (κ2) is 29.8. The highest BCUT2D eigenvalue weighted by atomic mass is 32.1. The molecule has 6 heterocycles. The molecule has 1 saturated carbocycles. The van der Waals surface area contributed by atoms with Gasteiger partial charge in [-0.25, -0.2) is 9.78 Å². The van der Waals surface area contributed by atoms with Gasteiger partial charge >= 0.3 is 12.1 Å². The number of rotatable bonds is 24. The van der Waals surface area contributed by atoms with Crippen LogP contribution in [0.2, 0.25) is 0 Å². The Morgan fingerprint density at radius 3 is 2.38 bits per heavy atom. The minimum atomic E-state index is -0.834. The molecule has 0 radical (unpaired) electrons. The monoisotopic (exact) mass is 1250 g/mol. The van der Waals surface area contributed by atoms with E-state index in [4.69, 9.17) is 43.4 Å². The van der Waals surface area contributed by atoms with E-state index in [0.29, 0.717) is 78.3 Å². The van der Waals surface area contributed by atoms with Crippen LogP contribution in [0, 0.1) is 17.2 Å². The number of likely N-dealkylation sites (N-methyl/N-ethyl adjacent to an activating group) is 2. The Balaban J connectivity index is 0.621. The molecule has 21 heteroatoms. The van der Waals surface area contributed by atoms with Crippen molar-refractivity contribution in [3.63, 3.8) is 0 Å². The van der Waals surface area contributed by atoms with Gasteiger partial charge in [0.15, 0.2) is 0 Å². The average molecular weight is 1250 g/mol. The maximum Gasteiger partial charge on any atom is 0.410 e. The number of hydrogen-bond acceptors (Lipinski definition) is 18. The Hall–Kier alpha value is -7.19. The minimum Gasteiger partial charge on any atom is -0.491 e. The van der Waals surface area contributed by atoms with Crippen LogP contribution in [0.1, 0.15) is 108 Å². The van der Waals surface area contributed by atoms with Crippen molar-refractivity contribution in [2.24, 2.45) is 5.92 Å². The number of likely N-dealkylation sites (tertiary alicyclic amines) is 2. The van der Waals surface area contributed by atoms with Gasteiger partial charge in [0.1, 0.15) is 47.5 Å². The second-order valence-electron chi connectivity index (χ2n) is 25.7. The molecule has 90 heavy (non-hydrogen) atoms. The summed E-state index contributed by atoms with van der Waals surface area (Å²) < 4.78 is 36.5. The Morgan fingerprint density at radius 1 is 0.822 bits per heavy atom. The lowest BCUT2D eigenvalue weighted by molar-refractivity contribution is -0.140. The number of benzene rings is 4. The van der Waals surface area contributed by atoms with Crippen molar-refractivity contribution < 1.29 is 42.8 Å². The molecule has 11 rings (SSSR count). The number of nitrogens with one attached hydrogen (secondary N) is 2. The summed E-state index contributed by atoms with van der Waals surface area (Å²) >= 11 is 1.56. The molecule has 6 atom stereocenters. The predicted molar refractivity (Wildman–Crippen MR) is 349 cm³/mol. The lowest BCUT2D eigenvalue weighted by atomic mass is 9.83. The van der Waals surface area contributed by atoms with Crippen molar-refractivity contribution in [1.82, 2.24) is 40.3 Å². The zero-order valence-corrected chi connectivity index (χ0v) is 54.0. The Kier molecular flexibility index (Phi) is 21.3. The summed E-state index contributed by atoms with van der Waals surface area (Å²) in [6.45, 7) is 15.2. The fourth-order valence-electron chi connectivity index (χ4n) is 13.4. The highest BCUT2D eigenvalue weighted by Crippen LogP contribution is 2.41. The predicted octanol–water partition coefficient (Wildman–Crippen LogP) is 9.73. The quantitative estimate of drug-likeness (QED) is 0.0540. The molecule has 4 aliphatic heterocycles. The van der Waals surface area contributed by atoms with Crippen LogP contribution in [0.25, 0.3) is 32.8 Å². The third kappa shape index (κ3) is 15.6. The third-order valence-corrected chi connectivity index (χ3v) is 19.3. The van der Waals surface area contributed by atoms with Crippen LogP contribution in [-0.4, -0.2) is 183 Å². The van der Waals surface area contributed by atoms with E-state index in [2.05, 4.69) is 104 Å². The van der Waals surface area contributed by atoms with Crippen LogP contribution in [0.5, 0.6) is 11.8 Å². The minimum absolute atomic E-state index is 0.00615. The molecule has 2 aromatic heterocycles. The molecule has 6 aromatic rings. The van der Waals surface area contributed by atoms with E-state index >= 15 is 0 Å². The van der Waals surface area contributed by atoms with Gasteiger partial charge in [-0.05, 0) is 108 Å². The van der Waals surface area contributed by atoms with E-state index in [-0.39, 0.29) is 42.0 Å². The third-order valence-electron chi connectivity index (χ3n) is 18.3. The van der Waals surface area contributed by atoms with Crippen LogP contribution in [0.3, 0.4) is 0 Å². The van der Waals surface area contributed by atoms with Crippen LogP contribution < -0.4 is 29.9 Å². The van der Waals surface area contributed by atoms with Gasteiger partial charge in [0.25, 0.3) is 0 Å². The number of nitriles is 1. The summed E-state index contributed by atoms with van der Waals surface area (Å²) in [5.41, 5.74) is 4.46. The molecule has 2 unspecified atom stereocenters. The second-order valence-corrected chi connectivity index (χ2v) is 26.5. The van der Waals surface area contributed by atoms with E-state index < -0.39 is 23.8 Å². The molecular weight excluding hydrogens is 1160 g/mol. The first-order valence-corrected chi connectivity index (χ1v) is 33.3. The van der Waals surface area contributed by atoms with Crippen molar-refractivity contribution in [1.29, 1.82) is 5.26 Å². The Labute approximate surface area is 533 Å². The Morgan fingerprint density at radius 2 is 1.58 bits per heavy atom. The number of fused-ring (bicyclic) bond motifs is 3. The van der Waals surface area contributed by atoms with Crippen molar-refractivity contribution in [2.45, 2.75) is 140 Å². The number of ether oxygens (including phenoxy) is 6. The van der Waals surface area contributed by atoms with Crippen LogP contribution >= 0.6 is 11.3 Å². The molecule has 0 spiro atoms. The van der Waals surface area contributed by atoms with Gasteiger partial charge in [-0.3, -0.25) is 19.4 Å². The highest BCUT2D eigenvalue weighted by Gasteiger charge is 2.41. The number of aromatic nitrogens is 3. The first kappa shape index (κ1) is 64.3. The van der Waals surface area contributed by atoms with Crippen LogP contribution in [0.4, 0.5) is 16.3 Å². The highest BCUT2D eigenvalue weighted by molar-refractivity contribution is 7.10. The van der Waals surface area contributed by atoms with E-state index in [1.54, 1.807) is 46.1 Å². The van der Waals surface area contributed by atoms with E-state index in [0.717, 1.165) is 134 Å². The smallest absolute Gasteiger partial charge is 0.410 e. The number of thiazole rings is 1. The number of piperazine rings is 1. The number of hydrogen-bond donors (Lipinski definition) is 2. The fourth-order valence-corrected chi connectivity index (χ4v) is 14.4. The van der Waals surface area contributed by atoms with Crippen molar-refractivity contribution in [3.8, 4) is 29.1 Å². The standard InChI is InChI=1S/C69H89N11O9S/c1-46(77(6)68(83)89-69(2,3)4)64(81)74-62(48-17-8-7-9-18-48)66(82)80-31-15-24-60(80)65-72-58(45-90-65)54-25-26-61(55-22-13-12-21-53(54)55)87-39-37-85-35-34-84-36-38-86-51-40-50(76(5)42-51)44-88-67-73-57-43-78(59-23-14-19-47-16-10-11-20-52(47)59)32-28-56(57)63(75-67)79-33-30-71-49(41-79)27-29-70/h10-14,16,19-23,25-26,45-46,48-51,60,62,71H,7-9,15,17-18,24,27-28,30-44H2,1-6H3,(H,74,81)/t46?,49-,50-,51+,60-,62?/m0/s1. The zero-order chi connectivity index (χ0) is 62.7. The molecule has 20 nitrogen and oxygen atoms in total. The number of amides is 3. The molecule has 480 valence electrons. The Bertz CT molecular complexity index is 3470. The lowest BCUT2D eigenvalue weighted by Crippen LogP contribution is -2.56. The van der Waals surface area contributed by atoms with Crippen LogP contribution in [0.15, 0.2) is 84.2 Å². The van der Waals surface area contributed by atoms with Crippen molar-refractivity contribution in [2.75, 3.05) is 109 Å². The lowest BCUT2D eigenvalue weighted by Gasteiger charge is -2.37. The molecule has 0 bridgehead atoms. The SMILES string of the molecule is CC(C(=O)NC(C(=O)N1CCC[C@H]1c1nc(-c2ccc(OCCOCCOCCO[C@@H]3C[C@@H](COc4nc5c(c(N6CCN[C@@H](CC#N)C6)n4)CCN(c4cccc6ccccc46)C5)N(C)C3)c3ccccc23)cs1)C1CCCCC1)N(C)C(=O)OC(C)(C)C. The van der Waals surface area contributed by atoms with Gasteiger partial charge in [0.05, 0.1) is 75.6 Å². The van der Waals surface area contributed by atoms with Crippen LogP contribution in [-0.2, 0) is 41.5 Å². The number of nitrogens with zero attached hydrogens (tertiary/aromatic N) is 9. The molecule has 4 aromatic carbocycles. The summed E-state index contributed by atoms with van der Waals surface area (Å²) in [6.07, 6.45) is 7.98.